The van der Waals surface area contributed by atoms with Crippen LogP contribution in [0.4, 0.5) is 17.1 Å². The van der Waals surface area contributed by atoms with Crippen molar-refractivity contribution in [1.82, 2.24) is 0 Å². The molecule has 1 heteroatoms. The Morgan fingerprint density at radius 2 is 1.09 bits per heavy atom. The van der Waals surface area contributed by atoms with E-state index in [1.165, 1.54) is 27.9 Å². The zero-order valence-electron chi connectivity index (χ0n) is 21.5. The van der Waals surface area contributed by atoms with E-state index in [0.717, 1.165) is 30.6 Å². The van der Waals surface area contributed by atoms with Gasteiger partial charge in [-0.05, 0) is 76.9 Å². The molecule has 0 heterocycles. The Labute approximate surface area is 211 Å². The van der Waals surface area contributed by atoms with Crippen molar-refractivity contribution in [3.05, 3.63) is 125 Å². The normalized spacial score (nSPS) is 11.7. The fourth-order valence-corrected chi connectivity index (χ4v) is 4.30. The van der Waals surface area contributed by atoms with Crippen LogP contribution in [0.2, 0.25) is 0 Å². The number of rotatable bonds is 9. The minimum atomic E-state index is 0.221. The molecule has 178 valence electrons. The number of anilines is 3. The first-order chi connectivity index (χ1) is 17.0. The van der Waals surface area contributed by atoms with Gasteiger partial charge in [-0.1, -0.05) is 113 Å². The van der Waals surface area contributed by atoms with Gasteiger partial charge >= 0.3 is 0 Å². The molecule has 4 aromatic carbocycles. The molecule has 0 spiro atoms. The molecule has 0 N–H and O–H groups in total. The Bertz CT molecular complexity index is 1210. The molecule has 0 aliphatic carbocycles. The molecule has 0 fully saturated rings. The van der Waals surface area contributed by atoms with Gasteiger partial charge in [0.2, 0.25) is 0 Å². The topological polar surface area (TPSA) is 3.24 Å². The van der Waals surface area contributed by atoms with Crippen LogP contribution in [0.3, 0.4) is 0 Å². The van der Waals surface area contributed by atoms with Crippen LogP contribution in [0.1, 0.15) is 62.8 Å². The zero-order chi connectivity index (χ0) is 24.7. The van der Waals surface area contributed by atoms with Gasteiger partial charge in [-0.25, -0.2) is 0 Å². The molecule has 4 aromatic rings. The van der Waals surface area contributed by atoms with Gasteiger partial charge in [0.05, 0.1) is 0 Å². The number of nitrogens with zero attached hydrogens (tertiary/aromatic N) is 1. The Balaban J connectivity index is 1.56. The van der Waals surface area contributed by atoms with Gasteiger partial charge in [0.1, 0.15) is 0 Å². The molecule has 0 aliphatic heterocycles. The highest BCUT2D eigenvalue weighted by atomic mass is 15.1. The standard InChI is InChI=1S/C34H37N/c1-5-10-27-17-23-32(24-18-27)35(31-11-8-7-9-12-31)33-25-19-29(20-26-33)14-13-28-15-21-30(22-16-28)34(3,4)6-2/h7-9,11-26H,5-6,10H2,1-4H3. The van der Waals surface area contributed by atoms with Gasteiger partial charge in [0.25, 0.3) is 0 Å². The van der Waals surface area contributed by atoms with Crippen LogP contribution in [0.15, 0.2) is 103 Å². The third-order valence-electron chi connectivity index (χ3n) is 6.94. The van der Waals surface area contributed by atoms with Crippen LogP contribution in [0.5, 0.6) is 0 Å². The predicted octanol–water partition coefficient (Wildman–Crippen LogP) is 9.97. The van der Waals surface area contributed by atoms with Gasteiger partial charge in [-0.3, -0.25) is 0 Å². The van der Waals surface area contributed by atoms with Crippen LogP contribution < -0.4 is 4.90 Å². The summed E-state index contributed by atoms with van der Waals surface area (Å²) in [6, 6.07) is 37.3. The molecular weight excluding hydrogens is 422 g/mol. The molecule has 0 amide bonds. The predicted molar refractivity (Wildman–Crippen MR) is 154 cm³/mol. The van der Waals surface area contributed by atoms with E-state index < -0.39 is 0 Å². The van der Waals surface area contributed by atoms with Crippen molar-refractivity contribution in [2.75, 3.05) is 4.90 Å². The molecule has 0 saturated heterocycles. The van der Waals surface area contributed by atoms with Crippen molar-refractivity contribution in [1.29, 1.82) is 0 Å². The Kier molecular flexibility index (Phi) is 7.87. The smallest absolute Gasteiger partial charge is 0.0462 e. The highest BCUT2D eigenvalue weighted by Crippen LogP contribution is 2.34. The van der Waals surface area contributed by atoms with E-state index in [2.05, 4.69) is 148 Å². The molecule has 0 aromatic heterocycles. The highest BCUT2D eigenvalue weighted by Gasteiger charge is 2.17. The van der Waals surface area contributed by atoms with Gasteiger partial charge < -0.3 is 4.90 Å². The van der Waals surface area contributed by atoms with Gasteiger partial charge in [-0.15, -0.1) is 0 Å². The second-order valence-corrected chi connectivity index (χ2v) is 9.87. The summed E-state index contributed by atoms with van der Waals surface area (Å²) in [4.78, 5) is 2.32. The molecule has 1 nitrogen and oxygen atoms in total. The molecule has 0 unspecified atom stereocenters. The summed E-state index contributed by atoms with van der Waals surface area (Å²) >= 11 is 0. The van der Waals surface area contributed by atoms with Crippen molar-refractivity contribution in [2.24, 2.45) is 0 Å². The van der Waals surface area contributed by atoms with Crippen LogP contribution in [0.25, 0.3) is 12.2 Å². The van der Waals surface area contributed by atoms with Crippen LogP contribution in [0, 0.1) is 0 Å². The lowest BCUT2D eigenvalue weighted by Gasteiger charge is -2.25. The largest absolute Gasteiger partial charge is 0.311 e. The van der Waals surface area contributed by atoms with Crippen LogP contribution in [-0.2, 0) is 11.8 Å². The molecule has 0 atom stereocenters. The van der Waals surface area contributed by atoms with Crippen molar-refractivity contribution < 1.29 is 0 Å². The summed E-state index contributed by atoms with van der Waals surface area (Å²) < 4.78 is 0. The summed E-state index contributed by atoms with van der Waals surface area (Å²) in [6.07, 6.45) is 7.80. The van der Waals surface area contributed by atoms with E-state index >= 15 is 0 Å². The minimum Gasteiger partial charge on any atom is -0.311 e. The van der Waals surface area contributed by atoms with E-state index in [4.69, 9.17) is 0 Å². The number of para-hydroxylation sites is 1. The lowest BCUT2D eigenvalue weighted by atomic mass is 9.82. The van der Waals surface area contributed by atoms with Gasteiger partial charge in [0, 0.05) is 17.1 Å². The summed E-state index contributed by atoms with van der Waals surface area (Å²) in [5, 5.41) is 0. The molecule has 35 heavy (non-hydrogen) atoms. The number of benzene rings is 4. The average Bonchev–Trinajstić information content (AvgIpc) is 2.90. The molecule has 0 bridgehead atoms. The molecule has 4 rings (SSSR count). The first kappa shape index (κ1) is 24.5. The van der Waals surface area contributed by atoms with Crippen LogP contribution >= 0.6 is 0 Å². The lowest BCUT2D eigenvalue weighted by molar-refractivity contribution is 0.506. The van der Waals surface area contributed by atoms with Crippen molar-refractivity contribution in [2.45, 2.75) is 52.4 Å². The fourth-order valence-electron chi connectivity index (χ4n) is 4.30. The average molecular weight is 460 g/mol. The molecule has 0 saturated carbocycles. The molecular formula is C34H37N. The zero-order valence-corrected chi connectivity index (χ0v) is 21.5. The summed E-state index contributed by atoms with van der Waals surface area (Å²) in [6.45, 7) is 9.08. The SMILES string of the molecule is CCCc1ccc(N(c2ccccc2)c2ccc(C=Cc3ccc(C(C)(C)CC)cc3)cc2)cc1. The van der Waals surface area contributed by atoms with E-state index in [1.54, 1.807) is 0 Å². The monoisotopic (exact) mass is 459 g/mol. The first-order valence-corrected chi connectivity index (χ1v) is 12.8. The summed E-state index contributed by atoms with van der Waals surface area (Å²) in [5.41, 5.74) is 8.91. The summed E-state index contributed by atoms with van der Waals surface area (Å²) in [7, 11) is 0. The van der Waals surface area contributed by atoms with E-state index in [1.807, 2.05) is 0 Å². The third kappa shape index (κ3) is 6.11. The molecule has 0 radical (unpaired) electrons. The van der Waals surface area contributed by atoms with E-state index in [-0.39, 0.29) is 5.41 Å². The number of hydrogen-bond acceptors (Lipinski definition) is 1. The van der Waals surface area contributed by atoms with E-state index in [9.17, 15) is 0 Å². The third-order valence-corrected chi connectivity index (χ3v) is 6.94. The Morgan fingerprint density at radius 1 is 0.600 bits per heavy atom. The lowest BCUT2D eigenvalue weighted by Crippen LogP contribution is -2.14. The first-order valence-electron chi connectivity index (χ1n) is 12.8. The highest BCUT2D eigenvalue weighted by molar-refractivity contribution is 5.78. The maximum absolute atomic E-state index is 2.32. The van der Waals surface area contributed by atoms with E-state index in [0.29, 0.717) is 0 Å². The summed E-state index contributed by atoms with van der Waals surface area (Å²) in [5.74, 6) is 0. The van der Waals surface area contributed by atoms with Gasteiger partial charge in [-0.2, -0.15) is 0 Å². The van der Waals surface area contributed by atoms with Crippen molar-refractivity contribution >= 4 is 29.2 Å². The Hall–Kier alpha value is -3.58. The second kappa shape index (κ2) is 11.2. The van der Waals surface area contributed by atoms with Crippen molar-refractivity contribution in [3.8, 4) is 0 Å². The fraction of sp³-hybridized carbons (Fsp3) is 0.235. The second-order valence-electron chi connectivity index (χ2n) is 9.87. The molecule has 0 aliphatic rings. The number of aryl methyl sites for hydroxylation is 1. The van der Waals surface area contributed by atoms with Crippen molar-refractivity contribution in [3.63, 3.8) is 0 Å². The maximum Gasteiger partial charge on any atom is 0.0462 e. The number of hydrogen-bond donors (Lipinski definition) is 0. The van der Waals surface area contributed by atoms with Crippen LogP contribution in [-0.4, -0.2) is 0 Å². The minimum absolute atomic E-state index is 0.221. The Morgan fingerprint density at radius 3 is 1.60 bits per heavy atom. The quantitative estimate of drug-likeness (QED) is 0.225. The maximum atomic E-state index is 2.32. The van der Waals surface area contributed by atoms with Gasteiger partial charge in [0.15, 0.2) is 0 Å².